The molecule has 26 heavy (non-hydrogen) atoms. The fourth-order valence-electron chi connectivity index (χ4n) is 3.94. The van der Waals surface area contributed by atoms with Gasteiger partial charge in [0.15, 0.2) is 0 Å². The maximum atomic E-state index is 12.4. The molecule has 1 spiro atoms. The predicted molar refractivity (Wildman–Crippen MR) is 101 cm³/mol. The Balaban J connectivity index is 1.50. The van der Waals surface area contributed by atoms with Crippen LogP contribution in [0.3, 0.4) is 0 Å². The van der Waals surface area contributed by atoms with Gasteiger partial charge in [0.05, 0.1) is 13.0 Å². The normalized spacial score (nSPS) is 19.7. The molecule has 0 aromatic heterocycles. The van der Waals surface area contributed by atoms with Crippen LogP contribution in [0.4, 0.5) is 0 Å². The zero-order valence-electron chi connectivity index (χ0n) is 15.5. The lowest BCUT2D eigenvalue weighted by atomic mass is 9.77. The van der Waals surface area contributed by atoms with Crippen molar-refractivity contribution in [1.82, 2.24) is 9.80 Å². The molecule has 3 rings (SSSR count). The molecule has 2 heterocycles. The van der Waals surface area contributed by atoms with Gasteiger partial charge in [-0.25, -0.2) is 0 Å². The maximum Gasteiger partial charge on any atom is 0.224 e. The standard InChI is InChI=1S/C21H28N2O3/c1-26-15-9-19(24)22-13-10-21(11-14-22)16-20(25)23(17-21)12-5-8-18-6-3-2-4-7-18/h2-8H,9-17H2,1H3. The van der Waals surface area contributed by atoms with E-state index >= 15 is 0 Å². The first-order valence-corrected chi connectivity index (χ1v) is 9.38. The van der Waals surface area contributed by atoms with Gasteiger partial charge < -0.3 is 14.5 Å². The number of nitrogens with zero attached hydrogens (tertiary/aromatic N) is 2. The highest BCUT2D eigenvalue weighted by Crippen LogP contribution is 2.41. The second-order valence-corrected chi connectivity index (χ2v) is 7.39. The monoisotopic (exact) mass is 356 g/mol. The molecular formula is C21H28N2O3. The van der Waals surface area contributed by atoms with Crippen molar-refractivity contribution in [2.24, 2.45) is 5.41 Å². The molecule has 0 aliphatic carbocycles. The van der Waals surface area contributed by atoms with Crippen molar-refractivity contribution in [3.63, 3.8) is 0 Å². The first kappa shape index (κ1) is 18.6. The van der Waals surface area contributed by atoms with Crippen LogP contribution in [0.2, 0.25) is 0 Å². The number of methoxy groups -OCH3 is 1. The van der Waals surface area contributed by atoms with Crippen molar-refractivity contribution < 1.29 is 14.3 Å². The highest BCUT2D eigenvalue weighted by molar-refractivity contribution is 5.80. The third kappa shape index (κ3) is 4.52. The van der Waals surface area contributed by atoms with Crippen LogP contribution in [0.25, 0.3) is 6.08 Å². The van der Waals surface area contributed by atoms with Gasteiger partial charge in [0, 0.05) is 45.1 Å². The summed E-state index contributed by atoms with van der Waals surface area (Å²) in [4.78, 5) is 28.4. The Morgan fingerprint density at radius 3 is 2.65 bits per heavy atom. The fourth-order valence-corrected chi connectivity index (χ4v) is 3.94. The van der Waals surface area contributed by atoms with Gasteiger partial charge in [-0.2, -0.15) is 0 Å². The van der Waals surface area contributed by atoms with E-state index in [4.69, 9.17) is 4.74 Å². The van der Waals surface area contributed by atoms with Crippen molar-refractivity contribution >= 4 is 17.9 Å². The molecule has 0 N–H and O–H groups in total. The Hall–Kier alpha value is -2.14. The van der Waals surface area contributed by atoms with E-state index in [-0.39, 0.29) is 17.2 Å². The number of piperidine rings is 1. The Bertz CT molecular complexity index is 648. The summed E-state index contributed by atoms with van der Waals surface area (Å²) in [6.45, 7) is 3.45. The lowest BCUT2D eigenvalue weighted by Crippen LogP contribution is -2.44. The second kappa shape index (κ2) is 8.49. The van der Waals surface area contributed by atoms with Crippen LogP contribution in [-0.4, -0.2) is 61.5 Å². The minimum atomic E-state index is 0.0513. The largest absolute Gasteiger partial charge is 0.384 e. The van der Waals surface area contributed by atoms with Crippen LogP contribution >= 0.6 is 0 Å². The topological polar surface area (TPSA) is 49.9 Å². The van der Waals surface area contributed by atoms with Crippen LogP contribution in [0.15, 0.2) is 36.4 Å². The lowest BCUT2D eigenvalue weighted by molar-refractivity contribution is -0.134. The van der Waals surface area contributed by atoms with Crippen LogP contribution in [0.1, 0.15) is 31.2 Å². The zero-order valence-corrected chi connectivity index (χ0v) is 15.5. The Labute approximate surface area is 155 Å². The molecule has 0 bridgehead atoms. The van der Waals surface area contributed by atoms with Crippen LogP contribution in [0.5, 0.6) is 0 Å². The lowest BCUT2D eigenvalue weighted by Gasteiger charge is -2.38. The third-order valence-electron chi connectivity index (χ3n) is 5.54. The molecule has 5 heteroatoms. The van der Waals surface area contributed by atoms with E-state index < -0.39 is 0 Å². The van der Waals surface area contributed by atoms with Crippen LogP contribution in [-0.2, 0) is 14.3 Å². The minimum absolute atomic E-state index is 0.0513. The van der Waals surface area contributed by atoms with Crippen LogP contribution < -0.4 is 0 Å². The summed E-state index contributed by atoms with van der Waals surface area (Å²) in [6.07, 6.45) is 7.02. The predicted octanol–water partition coefficient (Wildman–Crippen LogP) is 2.58. The summed E-state index contributed by atoms with van der Waals surface area (Å²) >= 11 is 0. The van der Waals surface area contributed by atoms with Gasteiger partial charge in [-0.1, -0.05) is 42.5 Å². The van der Waals surface area contributed by atoms with Gasteiger partial charge in [0.2, 0.25) is 11.8 Å². The molecule has 2 aliphatic rings. The Morgan fingerprint density at radius 2 is 1.96 bits per heavy atom. The fraction of sp³-hybridized carbons (Fsp3) is 0.524. The quantitative estimate of drug-likeness (QED) is 0.787. The number of benzene rings is 1. The van der Waals surface area contributed by atoms with Crippen LogP contribution in [0, 0.1) is 5.41 Å². The summed E-state index contributed by atoms with van der Waals surface area (Å²) in [6, 6.07) is 10.1. The van der Waals surface area contributed by atoms with E-state index in [0.717, 1.165) is 38.0 Å². The number of ether oxygens (including phenoxy) is 1. The average Bonchev–Trinajstić information content (AvgIpc) is 2.96. The van der Waals surface area contributed by atoms with E-state index in [1.807, 2.05) is 28.0 Å². The molecule has 2 amide bonds. The summed E-state index contributed by atoms with van der Waals surface area (Å²) in [5.41, 5.74) is 1.20. The van der Waals surface area contributed by atoms with Crippen molar-refractivity contribution in [2.75, 3.05) is 39.9 Å². The molecule has 5 nitrogen and oxygen atoms in total. The Kier molecular flexibility index (Phi) is 6.09. The van der Waals surface area contributed by atoms with E-state index in [2.05, 4.69) is 24.3 Å². The van der Waals surface area contributed by atoms with Crippen molar-refractivity contribution in [2.45, 2.75) is 25.7 Å². The van der Waals surface area contributed by atoms with E-state index in [0.29, 0.717) is 26.0 Å². The average molecular weight is 356 g/mol. The molecule has 0 atom stereocenters. The van der Waals surface area contributed by atoms with Gasteiger partial charge in [0.1, 0.15) is 0 Å². The number of rotatable bonds is 6. The number of amides is 2. The van der Waals surface area contributed by atoms with E-state index in [9.17, 15) is 9.59 Å². The molecule has 1 aromatic rings. The number of likely N-dealkylation sites (tertiary alicyclic amines) is 2. The number of hydrogen-bond donors (Lipinski definition) is 0. The van der Waals surface area contributed by atoms with E-state index in [1.54, 1.807) is 7.11 Å². The van der Waals surface area contributed by atoms with Gasteiger partial charge in [0.25, 0.3) is 0 Å². The smallest absolute Gasteiger partial charge is 0.224 e. The molecule has 2 aliphatic heterocycles. The molecule has 140 valence electrons. The summed E-state index contributed by atoms with van der Waals surface area (Å²) in [5, 5.41) is 0. The number of carbonyl (C=O) groups is 2. The number of carbonyl (C=O) groups excluding carboxylic acids is 2. The highest BCUT2D eigenvalue weighted by Gasteiger charge is 2.44. The minimum Gasteiger partial charge on any atom is -0.384 e. The van der Waals surface area contributed by atoms with Gasteiger partial charge in [-0.05, 0) is 18.4 Å². The molecule has 0 unspecified atom stereocenters. The Morgan fingerprint density at radius 1 is 1.23 bits per heavy atom. The van der Waals surface area contributed by atoms with E-state index in [1.165, 1.54) is 0 Å². The summed E-state index contributed by atoms with van der Waals surface area (Å²) in [5.74, 6) is 0.399. The highest BCUT2D eigenvalue weighted by atomic mass is 16.5. The van der Waals surface area contributed by atoms with Crippen molar-refractivity contribution in [3.8, 4) is 0 Å². The first-order chi connectivity index (χ1) is 12.6. The van der Waals surface area contributed by atoms with Crippen molar-refractivity contribution in [3.05, 3.63) is 42.0 Å². The SMILES string of the molecule is COCCC(=O)N1CCC2(CC1)CC(=O)N(CC=Cc1ccccc1)C2. The third-order valence-corrected chi connectivity index (χ3v) is 5.54. The molecule has 2 saturated heterocycles. The molecule has 0 radical (unpaired) electrons. The molecule has 2 fully saturated rings. The zero-order chi connectivity index (χ0) is 18.4. The summed E-state index contributed by atoms with van der Waals surface area (Å²) < 4.78 is 4.99. The molecule has 0 saturated carbocycles. The molecular weight excluding hydrogens is 328 g/mol. The first-order valence-electron chi connectivity index (χ1n) is 9.38. The number of hydrogen-bond acceptors (Lipinski definition) is 3. The maximum absolute atomic E-state index is 12.4. The summed E-state index contributed by atoms with van der Waals surface area (Å²) in [7, 11) is 1.61. The van der Waals surface area contributed by atoms with Gasteiger partial charge in [-0.3, -0.25) is 9.59 Å². The van der Waals surface area contributed by atoms with Crippen molar-refractivity contribution in [1.29, 1.82) is 0 Å². The molecule has 1 aromatic carbocycles. The van der Waals surface area contributed by atoms with Gasteiger partial charge in [-0.15, -0.1) is 0 Å². The van der Waals surface area contributed by atoms with Gasteiger partial charge >= 0.3 is 0 Å². The second-order valence-electron chi connectivity index (χ2n) is 7.39.